The van der Waals surface area contributed by atoms with E-state index in [0.717, 1.165) is 25.9 Å². The lowest BCUT2D eigenvalue weighted by Gasteiger charge is -2.29. The Morgan fingerprint density at radius 1 is 1.50 bits per heavy atom. The Morgan fingerprint density at radius 3 is 2.90 bits per heavy atom. The lowest BCUT2D eigenvalue weighted by atomic mass is 9.99. The van der Waals surface area contributed by atoms with Gasteiger partial charge in [-0.15, -0.1) is 0 Å². The number of nitrogens with two attached hydrogens (primary N) is 1. The molecule has 8 heteroatoms. The smallest absolute Gasteiger partial charge is 0.242 e. The molecule has 0 amide bonds. The number of pyridine rings is 1. The van der Waals surface area contributed by atoms with Crippen molar-refractivity contribution >= 4 is 15.8 Å². The van der Waals surface area contributed by atoms with Crippen LogP contribution >= 0.6 is 0 Å². The summed E-state index contributed by atoms with van der Waals surface area (Å²) in [6, 6.07) is 3.01. The Bertz CT molecular complexity index is 531. The van der Waals surface area contributed by atoms with Crippen LogP contribution in [0.4, 0.5) is 5.82 Å². The summed E-state index contributed by atoms with van der Waals surface area (Å²) in [5, 5.41) is 0. The number of nitrogen functional groups attached to an aromatic ring is 1. The van der Waals surface area contributed by atoms with Crippen LogP contribution in [0.25, 0.3) is 0 Å². The molecule has 1 aliphatic rings. The topological polar surface area (TPSA) is 100 Å². The van der Waals surface area contributed by atoms with E-state index in [9.17, 15) is 8.42 Å². The molecule has 0 saturated carbocycles. The molecule has 4 N–H and O–H groups in total. The van der Waals surface area contributed by atoms with Crippen molar-refractivity contribution in [2.75, 3.05) is 32.1 Å². The Labute approximate surface area is 119 Å². The molecule has 1 aliphatic heterocycles. The highest BCUT2D eigenvalue weighted by Gasteiger charge is 2.20. The number of hydrazine groups is 1. The molecule has 0 aliphatic carbocycles. The number of hydrogen-bond acceptors (Lipinski definition) is 6. The fraction of sp³-hybridized carbons (Fsp3) is 0.583. The van der Waals surface area contributed by atoms with Gasteiger partial charge in [-0.25, -0.2) is 24.0 Å². The lowest BCUT2D eigenvalue weighted by molar-refractivity contribution is 0.211. The fourth-order valence-electron chi connectivity index (χ4n) is 2.38. The number of aromatic nitrogens is 1. The molecule has 0 bridgehead atoms. The fourth-order valence-corrected chi connectivity index (χ4v) is 3.44. The van der Waals surface area contributed by atoms with E-state index in [2.05, 4.69) is 27.1 Å². The largest absolute Gasteiger partial charge is 0.308 e. The van der Waals surface area contributed by atoms with E-state index in [4.69, 9.17) is 5.84 Å². The van der Waals surface area contributed by atoms with Crippen molar-refractivity contribution in [1.82, 2.24) is 14.6 Å². The van der Waals surface area contributed by atoms with Crippen molar-refractivity contribution in [2.45, 2.75) is 17.7 Å². The number of anilines is 1. The maximum atomic E-state index is 12.1. The SMILES string of the molecule is CN1CCCC(CNS(=O)(=O)c2ccc(NN)nc2)C1. The number of hydrogen-bond donors (Lipinski definition) is 3. The van der Waals surface area contributed by atoms with Gasteiger partial charge in [-0.3, -0.25) is 0 Å². The van der Waals surface area contributed by atoms with Crippen LogP contribution < -0.4 is 16.0 Å². The molecule has 1 unspecified atom stereocenters. The molecule has 2 heterocycles. The summed E-state index contributed by atoms with van der Waals surface area (Å²) >= 11 is 0. The molecule has 1 atom stereocenters. The van der Waals surface area contributed by atoms with Gasteiger partial charge in [-0.1, -0.05) is 0 Å². The minimum Gasteiger partial charge on any atom is -0.308 e. The summed E-state index contributed by atoms with van der Waals surface area (Å²) in [5.41, 5.74) is 2.36. The maximum Gasteiger partial charge on any atom is 0.242 e. The third-order valence-corrected chi connectivity index (χ3v) is 4.89. The van der Waals surface area contributed by atoms with Gasteiger partial charge in [0, 0.05) is 19.3 Å². The summed E-state index contributed by atoms with van der Waals surface area (Å²) < 4.78 is 26.9. The van der Waals surface area contributed by atoms with Gasteiger partial charge in [-0.05, 0) is 44.5 Å². The molecule has 1 saturated heterocycles. The number of nitrogens with one attached hydrogen (secondary N) is 2. The van der Waals surface area contributed by atoms with Crippen LogP contribution in [-0.4, -0.2) is 45.0 Å². The third kappa shape index (κ3) is 3.89. The van der Waals surface area contributed by atoms with Crippen molar-refractivity contribution in [2.24, 2.45) is 11.8 Å². The first kappa shape index (κ1) is 15.2. The van der Waals surface area contributed by atoms with Crippen LogP contribution in [-0.2, 0) is 10.0 Å². The van der Waals surface area contributed by atoms with Gasteiger partial charge >= 0.3 is 0 Å². The Hall–Kier alpha value is -1.22. The van der Waals surface area contributed by atoms with Gasteiger partial charge in [0.05, 0.1) is 0 Å². The second kappa shape index (κ2) is 6.49. The van der Waals surface area contributed by atoms with E-state index >= 15 is 0 Å². The van der Waals surface area contributed by atoms with Gasteiger partial charge in [-0.2, -0.15) is 0 Å². The van der Waals surface area contributed by atoms with E-state index in [1.807, 2.05) is 0 Å². The molecule has 2 rings (SSSR count). The minimum atomic E-state index is -3.50. The van der Waals surface area contributed by atoms with Crippen molar-refractivity contribution in [3.8, 4) is 0 Å². The number of nitrogens with zero attached hydrogens (tertiary/aromatic N) is 2. The first-order valence-corrected chi connectivity index (χ1v) is 8.10. The number of sulfonamides is 1. The summed E-state index contributed by atoms with van der Waals surface area (Å²) in [5.74, 6) is 5.99. The molecule has 0 aromatic carbocycles. The van der Waals surface area contributed by atoms with Crippen molar-refractivity contribution in [3.05, 3.63) is 18.3 Å². The highest BCUT2D eigenvalue weighted by Crippen LogP contribution is 2.15. The summed E-state index contributed by atoms with van der Waals surface area (Å²) in [4.78, 5) is 6.29. The summed E-state index contributed by atoms with van der Waals surface area (Å²) in [7, 11) is -1.44. The molecule has 0 radical (unpaired) electrons. The van der Waals surface area contributed by atoms with Gasteiger partial charge in [0.2, 0.25) is 10.0 Å². The first-order chi connectivity index (χ1) is 9.51. The molecular weight excluding hydrogens is 278 g/mol. The van der Waals surface area contributed by atoms with E-state index in [1.54, 1.807) is 0 Å². The Kier molecular flexibility index (Phi) is 4.92. The zero-order valence-corrected chi connectivity index (χ0v) is 12.4. The zero-order valence-electron chi connectivity index (χ0n) is 11.5. The second-order valence-electron chi connectivity index (χ2n) is 5.15. The molecular formula is C12H21N5O2S. The highest BCUT2D eigenvalue weighted by molar-refractivity contribution is 7.89. The standard InChI is InChI=1S/C12H21N5O2S/c1-17-6-2-3-10(9-17)7-15-20(18,19)11-4-5-12(16-13)14-8-11/h4-5,8,10,15H,2-3,6-7,9,13H2,1H3,(H,14,16). The third-order valence-electron chi connectivity index (χ3n) is 3.48. The Balaban J connectivity index is 1.96. The molecule has 1 fully saturated rings. The summed E-state index contributed by atoms with van der Waals surface area (Å²) in [6.07, 6.45) is 3.47. The Morgan fingerprint density at radius 2 is 2.30 bits per heavy atom. The average Bonchev–Trinajstić information content (AvgIpc) is 2.45. The van der Waals surface area contributed by atoms with Crippen LogP contribution in [0.2, 0.25) is 0 Å². The van der Waals surface area contributed by atoms with Gasteiger partial charge in [0.25, 0.3) is 0 Å². The molecule has 1 aromatic heterocycles. The van der Waals surface area contributed by atoms with E-state index in [-0.39, 0.29) is 4.90 Å². The molecule has 1 aromatic rings. The minimum absolute atomic E-state index is 0.153. The van der Waals surface area contributed by atoms with E-state index in [0.29, 0.717) is 18.3 Å². The van der Waals surface area contributed by atoms with Gasteiger partial charge in [0.15, 0.2) is 0 Å². The predicted molar refractivity (Wildman–Crippen MR) is 77.5 cm³/mol. The predicted octanol–water partition coefficient (Wildman–Crippen LogP) is -0.0127. The maximum absolute atomic E-state index is 12.1. The quantitative estimate of drug-likeness (QED) is 0.522. The lowest BCUT2D eigenvalue weighted by Crippen LogP contribution is -2.39. The van der Waals surface area contributed by atoms with Crippen LogP contribution in [0.15, 0.2) is 23.2 Å². The number of rotatable bonds is 5. The molecule has 7 nitrogen and oxygen atoms in total. The van der Waals surface area contributed by atoms with Crippen LogP contribution in [0, 0.1) is 5.92 Å². The molecule has 20 heavy (non-hydrogen) atoms. The highest BCUT2D eigenvalue weighted by atomic mass is 32.2. The van der Waals surface area contributed by atoms with Crippen LogP contribution in [0.1, 0.15) is 12.8 Å². The number of piperidine rings is 1. The normalized spacial score (nSPS) is 20.8. The van der Waals surface area contributed by atoms with Crippen LogP contribution in [0.5, 0.6) is 0 Å². The first-order valence-electron chi connectivity index (χ1n) is 6.62. The zero-order chi connectivity index (χ0) is 14.6. The van der Waals surface area contributed by atoms with Crippen LogP contribution in [0.3, 0.4) is 0 Å². The van der Waals surface area contributed by atoms with Crippen molar-refractivity contribution in [3.63, 3.8) is 0 Å². The second-order valence-corrected chi connectivity index (χ2v) is 6.91. The van der Waals surface area contributed by atoms with Crippen molar-refractivity contribution < 1.29 is 8.42 Å². The van der Waals surface area contributed by atoms with Crippen molar-refractivity contribution in [1.29, 1.82) is 0 Å². The summed E-state index contributed by atoms with van der Waals surface area (Å²) in [6.45, 7) is 2.47. The monoisotopic (exact) mass is 299 g/mol. The molecule has 112 valence electrons. The average molecular weight is 299 g/mol. The molecule has 0 spiro atoms. The van der Waals surface area contributed by atoms with Gasteiger partial charge in [0.1, 0.15) is 10.7 Å². The van der Waals surface area contributed by atoms with E-state index < -0.39 is 10.0 Å². The van der Waals surface area contributed by atoms with E-state index in [1.165, 1.54) is 18.3 Å². The van der Waals surface area contributed by atoms with Gasteiger partial charge < -0.3 is 10.3 Å². The number of likely N-dealkylation sites (tertiary alicyclic amines) is 1.